The summed E-state index contributed by atoms with van der Waals surface area (Å²) in [4.78, 5) is 6.92. The van der Waals surface area contributed by atoms with Crippen LogP contribution in [-0.4, -0.2) is 39.2 Å². The Hall–Kier alpha value is -1.18. The molecule has 3 N–H and O–H groups in total. The Balaban J connectivity index is 0.00000312. The molecule has 142 valence electrons. The summed E-state index contributed by atoms with van der Waals surface area (Å²) in [5, 5.41) is 3.22. The minimum atomic E-state index is 0. The van der Waals surface area contributed by atoms with Crippen LogP contribution < -0.4 is 20.7 Å². The molecule has 0 amide bonds. The van der Waals surface area contributed by atoms with Gasteiger partial charge in [-0.15, -0.1) is 24.0 Å². The summed E-state index contributed by atoms with van der Waals surface area (Å²) in [6, 6.07) is 8.26. The van der Waals surface area contributed by atoms with Crippen LogP contribution in [0.1, 0.15) is 39.0 Å². The lowest BCUT2D eigenvalue weighted by atomic mass is 10.1. The Bertz CT molecular complexity index is 524. The fourth-order valence-corrected chi connectivity index (χ4v) is 3.07. The number of hydrogen-bond acceptors (Lipinski definition) is 3. The van der Waals surface area contributed by atoms with Crippen LogP contribution in [0.25, 0.3) is 0 Å². The molecule has 5 nitrogen and oxygen atoms in total. The summed E-state index contributed by atoms with van der Waals surface area (Å²) in [7, 11) is 1.71. The van der Waals surface area contributed by atoms with Gasteiger partial charge >= 0.3 is 0 Å². The van der Waals surface area contributed by atoms with E-state index in [4.69, 9.17) is 10.5 Å². The maximum absolute atomic E-state index is 5.96. The second-order valence-electron chi connectivity index (χ2n) is 6.52. The first-order valence-corrected chi connectivity index (χ1v) is 9.15. The molecule has 1 aromatic rings. The van der Waals surface area contributed by atoms with Gasteiger partial charge in [-0.1, -0.05) is 32.3 Å². The Morgan fingerprint density at radius 1 is 1.36 bits per heavy atom. The molecule has 1 fully saturated rings. The number of hydrogen-bond donors (Lipinski definition) is 2. The van der Waals surface area contributed by atoms with Crippen molar-refractivity contribution < 1.29 is 4.74 Å². The third-order valence-electron chi connectivity index (χ3n) is 4.56. The van der Waals surface area contributed by atoms with Gasteiger partial charge < -0.3 is 20.7 Å². The van der Waals surface area contributed by atoms with Gasteiger partial charge in [0.05, 0.1) is 7.11 Å². The quantitative estimate of drug-likeness (QED) is 0.256. The van der Waals surface area contributed by atoms with Crippen molar-refractivity contribution in [3.63, 3.8) is 0 Å². The summed E-state index contributed by atoms with van der Waals surface area (Å²) < 4.78 is 5.31. The van der Waals surface area contributed by atoms with Gasteiger partial charge in [-0.3, -0.25) is 4.99 Å². The second kappa shape index (κ2) is 12.2. The van der Waals surface area contributed by atoms with Crippen molar-refractivity contribution in [2.75, 3.05) is 38.2 Å². The van der Waals surface area contributed by atoms with Crippen molar-refractivity contribution in [2.24, 2.45) is 16.6 Å². The molecule has 1 unspecified atom stereocenters. The van der Waals surface area contributed by atoms with E-state index in [-0.39, 0.29) is 24.0 Å². The number of methoxy groups -OCH3 is 1. The second-order valence-corrected chi connectivity index (χ2v) is 6.52. The fourth-order valence-electron chi connectivity index (χ4n) is 3.07. The summed E-state index contributed by atoms with van der Waals surface area (Å²) in [5.74, 6) is 2.06. The predicted octanol–water partition coefficient (Wildman–Crippen LogP) is 3.62. The van der Waals surface area contributed by atoms with E-state index in [1.165, 1.54) is 24.9 Å². The first-order chi connectivity index (χ1) is 11.7. The van der Waals surface area contributed by atoms with Gasteiger partial charge in [0, 0.05) is 37.9 Å². The zero-order chi connectivity index (χ0) is 17.2. The number of benzene rings is 1. The minimum absolute atomic E-state index is 0. The highest BCUT2D eigenvalue weighted by atomic mass is 127. The van der Waals surface area contributed by atoms with Crippen LogP contribution >= 0.6 is 24.0 Å². The highest BCUT2D eigenvalue weighted by Gasteiger charge is 2.22. The third kappa shape index (κ3) is 7.71. The molecule has 0 bridgehead atoms. The van der Waals surface area contributed by atoms with Crippen molar-refractivity contribution in [3.8, 4) is 5.75 Å². The van der Waals surface area contributed by atoms with Gasteiger partial charge in [0.15, 0.2) is 5.96 Å². The molecule has 0 saturated carbocycles. The average molecular weight is 460 g/mol. The first kappa shape index (κ1) is 21.9. The molecule has 0 aromatic heterocycles. The van der Waals surface area contributed by atoms with Crippen LogP contribution in [0, 0.1) is 5.92 Å². The van der Waals surface area contributed by atoms with Crippen molar-refractivity contribution in [1.82, 2.24) is 5.32 Å². The fraction of sp³-hybridized carbons (Fsp3) is 0.632. The van der Waals surface area contributed by atoms with Gasteiger partial charge in [0.2, 0.25) is 0 Å². The largest absolute Gasteiger partial charge is 0.497 e. The van der Waals surface area contributed by atoms with Crippen LogP contribution in [-0.2, 0) is 0 Å². The highest BCUT2D eigenvalue weighted by molar-refractivity contribution is 14.0. The van der Waals surface area contributed by atoms with Crippen molar-refractivity contribution in [3.05, 3.63) is 24.3 Å². The lowest BCUT2D eigenvalue weighted by Gasteiger charge is -2.19. The number of halogens is 1. The van der Waals surface area contributed by atoms with Crippen LogP contribution in [0.15, 0.2) is 29.3 Å². The van der Waals surface area contributed by atoms with Gasteiger partial charge in [-0.2, -0.15) is 0 Å². The van der Waals surface area contributed by atoms with Crippen LogP contribution in [0.2, 0.25) is 0 Å². The highest BCUT2D eigenvalue weighted by Crippen LogP contribution is 2.26. The number of nitrogens with one attached hydrogen (secondary N) is 1. The molecule has 1 atom stereocenters. The molecule has 25 heavy (non-hydrogen) atoms. The number of nitrogens with two attached hydrogens (primary N) is 1. The van der Waals surface area contributed by atoms with E-state index in [1.807, 2.05) is 12.1 Å². The molecule has 1 aromatic carbocycles. The van der Waals surface area contributed by atoms with E-state index < -0.39 is 0 Å². The van der Waals surface area contributed by atoms with Crippen molar-refractivity contribution in [1.29, 1.82) is 0 Å². The lowest BCUT2D eigenvalue weighted by Crippen LogP contribution is -2.33. The molecule has 0 aliphatic carbocycles. The maximum Gasteiger partial charge on any atom is 0.188 e. The standard InChI is InChI=1S/C19H32N4O.HI/c1-3-4-5-6-11-21-19(20)22-14-16-10-12-23(15-16)17-8-7-9-18(13-17)24-2;/h7-9,13,16H,3-6,10-12,14-15H2,1-2H3,(H3,20,21,22);1H. The summed E-state index contributed by atoms with van der Waals surface area (Å²) >= 11 is 0. The van der Waals surface area contributed by atoms with E-state index in [0.717, 1.165) is 44.8 Å². The monoisotopic (exact) mass is 460 g/mol. The molecule has 1 aliphatic rings. The SMILES string of the molecule is CCCCCCNC(N)=NCC1CCN(c2cccc(OC)c2)C1.I. The molecule has 0 spiro atoms. The van der Waals surface area contributed by atoms with E-state index in [1.54, 1.807) is 7.11 Å². The molecule has 1 saturated heterocycles. The molecule has 0 radical (unpaired) electrons. The van der Waals surface area contributed by atoms with Crippen molar-refractivity contribution in [2.45, 2.75) is 39.0 Å². The van der Waals surface area contributed by atoms with Gasteiger partial charge in [-0.25, -0.2) is 0 Å². The van der Waals surface area contributed by atoms with E-state index in [2.05, 4.69) is 34.3 Å². The zero-order valence-corrected chi connectivity index (χ0v) is 17.9. The Morgan fingerprint density at radius 2 is 2.20 bits per heavy atom. The van der Waals surface area contributed by atoms with Crippen LogP contribution in [0.3, 0.4) is 0 Å². The molecule has 2 rings (SSSR count). The number of guanidine groups is 1. The predicted molar refractivity (Wildman–Crippen MR) is 117 cm³/mol. The maximum atomic E-state index is 5.96. The summed E-state index contributed by atoms with van der Waals surface area (Å²) in [6.45, 7) is 6.04. The normalized spacial score (nSPS) is 17.3. The Morgan fingerprint density at radius 3 is 2.96 bits per heavy atom. The summed E-state index contributed by atoms with van der Waals surface area (Å²) in [6.07, 6.45) is 6.13. The average Bonchev–Trinajstić information content (AvgIpc) is 3.09. The van der Waals surface area contributed by atoms with Gasteiger partial charge in [0.1, 0.15) is 5.75 Å². The number of nitrogens with zero attached hydrogens (tertiary/aromatic N) is 2. The zero-order valence-electron chi connectivity index (χ0n) is 15.5. The van der Waals surface area contributed by atoms with Gasteiger partial charge in [-0.05, 0) is 30.9 Å². The van der Waals surface area contributed by atoms with Crippen LogP contribution in [0.5, 0.6) is 5.75 Å². The Kier molecular flexibility index (Phi) is 10.7. The number of aliphatic imine (C=N–C) groups is 1. The summed E-state index contributed by atoms with van der Waals surface area (Å²) in [5.41, 5.74) is 7.18. The van der Waals surface area contributed by atoms with E-state index >= 15 is 0 Å². The third-order valence-corrected chi connectivity index (χ3v) is 4.56. The lowest BCUT2D eigenvalue weighted by molar-refractivity contribution is 0.415. The minimum Gasteiger partial charge on any atom is -0.497 e. The topological polar surface area (TPSA) is 62.9 Å². The first-order valence-electron chi connectivity index (χ1n) is 9.15. The van der Waals surface area contributed by atoms with Crippen LogP contribution in [0.4, 0.5) is 5.69 Å². The van der Waals surface area contributed by atoms with Crippen molar-refractivity contribution >= 4 is 35.6 Å². The number of unbranched alkanes of at least 4 members (excludes halogenated alkanes) is 3. The van der Waals surface area contributed by atoms with E-state index in [0.29, 0.717) is 11.9 Å². The molecule has 1 aliphatic heterocycles. The molecule has 1 heterocycles. The number of anilines is 1. The molecule has 6 heteroatoms. The number of ether oxygens (including phenoxy) is 1. The molecular formula is C19H33IN4O. The molecular weight excluding hydrogens is 427 g/mol. The smallest absolute Gasteiger partial charge is 0.188 e. The Labute approximate surface area is 169 Å². The van der Waals surface area contributed by atoms with Gasteiger partial charge in [0.25, 0.3) is 0 Å². The van der Waals surface area contributed by atoms with E-state index in [9.17, 15) is 0 Å². The number of rotatable bonds is 9.